The highest BCUT2D eigenvalue weighted by Crippen LogP contribution is 2.66. The SMILES string of the molecule is NCCCCCCNC(=O)OC1C(O)C(COP(=O)(O)OP(=O)(O)OP(=O)(O)O)OC1n1cnc2c(N)ncnc21. The number of nitrogens with one attached hydrogen (secondary N) is 1. The zero-order valence-corrected chi connectivity index (χ0v) is 23.8. The van der Waals surface area contributed by atoms with Crippen molar-refractivity contribution in [2.45, 2.75) is 50.2 Å². The average Bonchev–Trinajstić information content (AvgIpc) is 3.40. The fraction of sp³-hybridized carbons (Fsp3) is 0.647. The number of carbonyl (C=O) groups is 1. The van der Waals surface area contributed by atoms with E-state index in [1.165, 1.54) is 10.9 Å². The summed E-state index contributed by atoms with van der Waals surface area (Å²) in [5.41, 5.74) is 11.5. The van der Waals surface area contributed by atoms with Gasteiger partial charge in [-0.3, -0.25) is 9.09 Å². The van der Waals surface area contributed by atoms with Crippen molar-refractivity contribution in [1.29, 1.82) is 0 Å². The van der Waals surface area contributed by atoms with Crippen LogP contribution in [0.2, 0.25) is 0 Å². The molecule has 6 atom stereocenters. The molecule has 41 heavy (non-hydrogen) atoms. The molecule has 24 heteroatoms. The van der Waals surface area contributed by atoms with Gasteiger partial charge in [-0.25, -0.2) is 33.4 Å². The van der Waals surface area contributed by atoms with Gasteiger partial charge in [0.15, 0.2) is 23.8 Å². The molecule has 1 aliphatic rings. The van der Waals surface area contributed by atoms with E-state index in [-0.39, 0.29) is 23.5 Å². The number of phosphoric acid groups is 3. The number of hydrogen-bond donors (Lipinski definition) is 8. The zero-order chi connectivity index (χ0) is 30.4. The van der Waals surface area contributed by atoms with Crippen molar-refractivity contribution >= 4 is 46.5 Å². The number of nitrogens with zero attached hydrogens (tertiary/aromatic N) is 4. The normalized spacial score (nSPS) is 24.1. The molecule has 21 nitrogen and oxygen atoms in total. The predicted octanol–water partition coefficient (Wildman–Crippen LogP) is -0.376. The standard InChI is InChI=1S/C17H30N7O14P3/c18-5-3-1-2-4-6-20-17(26)36-13-12(25)10(7-34-40(30,31)38-41(32,33)37-39(27,28)29)35-16(13)24-9-23-11-14(19)21-8-22-15(11)24/h8-10,12-13,16,25H,1-7,18H2,(H,20,26)(H,30,31)(H,32,33)(H2,19,21,22)(H2,27,28,29). The second-order valence-corrected chi connectivity index (χ2v) is 12.9. The lowest BCUT2D eigenvalue weighted by Crippen LogP contribution is -2.40. The second-order valence-electron chi connectivity index (χ2n) is 8.52. The molecule has 1 fully saturated rings. The number of nitrogens with two attached hydrogens (primary N) is 2. The first kappa shape index (κ1) is 33.4. The van der Waals surface area contributed by atoms with Gasteiger partial charge in [-0.05, 0) is 19.4 Å². The van der Waals surface area contributed by atoms with E-state index in [1.54, 1.807) is 0 Å². The summed E-state index contributed by atoms with van der Waals surface area (Å²) in [7, 11) is -16.9. The topological polar surface area (TPSA) is 323 Å². The summed E-state index contributed by atoms with van der Waals surface area (Å²) >= 11 is 0. The second kappa shape index (κ2) is 13.9. The number of rotatable bonds is 15. The van der Waals surface area contributed by atoms with Crippen molar-refractivity contribution in [3.8, 4) is 0 Å². The lowest BCUT2D eigenvalue weighted by Gasteiger charge is -2.22. The molecule has 0 aromatic carbocycles. The van der Waals surface area contributed by atoms with Gasteiger partial charge in [0.1, 0.15) is 24.1 Å². The van der Waals surface area contributed by atoms with Gasteiger partial charge in [-0.1, -0.05) is 12.8 Å². The highest BCUT2D eigenvalue weighted by Gasteiger charge is 2.49. The number of imidazole rings is 1. The summed E-state index contributed by atoms with van der Waals surface area (Å²) in [5, 5.41) is 13.4. The van der Waals surface area contributed by atoms with Crippen LogP contribution in [-0.2, 0) is 36.3 Å². The molecule has 0 bridgehead atoms. The largest absolute Gasteiger partial charge is 0.490 e. The predicted molar refractivity (Wildman–Crippen MR) is 135 cm³/mol. The Labute approximate surface area is 231 Å². The first-order chi connectivity index (χ1) is 19.1. The van der Waals surface area contributed by atoms with Crippen LogP contribution >= 0.6 is 23.5 Å². The van der Waals surface area contributed by atoms with Crippen molar-refractivity contribution in [2.24, 2.45) is 5.73 Å². The van der Waals surface area contributed by atoms with Crippen LogP contribution in [0, 0.1) is 0 Å². The molecule has 1 aliphatic heterocycles. The molecule has 3 rings (SSSR count). The van der Waals surface area contributed by atoms with Crippen LogP contribution in [0.15, 0.2) is 12.7 Å². The maximum Gasteiger partial charge on any atom is 0.490 e. The van der Waals surface area contributed by atoms with Crippen molar-refractivity contribution in [3.05, 3.63) is 12.7 Å². The third-order valence-corrected chi connectivity index (χ3v) is 9.24. The highest BCUT2D eigenvalue weighted by molar-refractivity contribution is 7.66. The van der Waals surface area contributed by atoms with Crippen LogP contribution in [0.4, 0.5) is 10.6 Å². The van der Waals surface area contributed by atoms with E-state index in [0.29, 0.717) is 13.0 Å². The number of ether oxygens (including phenoxy) is 2. The van der Waals surface area contributed by atoms with Gasteiger partial charge in [0.05, 0.1) is 12.9 Å². The molecule has 1 amide bonds. The maximum atomic E-state index is 12.5. The third-order valence-electron chi connectivity index (χ3n) is 5.44. The van der Waals surface area contributed by atoms with Gasteiger partial charge in [0, 0.05) is 6.54 Å². The van der Waals surface area contributed by atoms with Crippen molar-refractivity contribution in [1.82, 2.24) is 24.8 Å². The summed E-state index contributed by atoms with van der Waals surface area (Å²) in [5.74, 6) is 0.0151. The quantitative estimate of drug-likeness (QED) is 0.0900. The van der Waals surface area contributed by atoms with E-state index < -0.39 is 60.7 Å². The Morgan fingerprint density at radius 3 is 2.44 bits per heavy atom. The fourth-order valence-corrected chi connectivity index (χ4v) is 6.74. The van der Waals surface area contributed by atoms with E-state index in [4.69, 9.17) is 30.7 Å². The smallest absolute Gasteiger partial charge is 0.439 e. The third kappa shape index (κ3) is 9.72. The van der Waals surface area contributed by atoms with Crippen LogP contribution in [0.5, 0.6) is 0 Å². The Bertz CT molecular complexity index is 1340. The summed E-state index contributed by atoms with van der Waals surface area (Å²) in [6.45, 7) is -0.197. The number of aromatic nitrogens is 4. The van der Waals surface area contributed by atoms with Crippen molar-refractivity contribution in [3.63, 3.8) is 0 Å². The van der Waals surface area contributed by atoms with E-state index >= 15 is 0 Å². The van der Waals surface area contributed by atoms with Crippen LogP contribution in [0.3, 0.4) is 0 Å². The molecule has 3 heterocycles. The van der Waals surface area contributed by atoms with Crippen molar-refractivity contribution < 1.29 is 65.8 Å². The number of anilines is 1. The number of amides is 1. The number of aliphatic hydroxyl groups excluding tert-OH is 1. The van der Waals surface area contributed by atoms with E-state index in [1.807, 2.05) is 0 Å². The van der Waals surface area contributed by atoms with Gasteiger partial charge in [-0.15, -0.1) is 0 Å². The van der Waals surface area contributed by atoms with Gasteiger partial charge in [0.25, 0.3) is 0 Å². The van der Waals surface area contributed by atoms with Gasteiger partial charge in [0.2, 0.25) is 0 Å². The number of fused-ring (bicyclic) bond motifs is 1. The molecule has 1 saturated heterocycles. The van der Waals surface area contributed by atoms with Crippen molar-refractivity contribution in [2.75, 3.05) is 25.4 Å². The molecule has 0 radical (unpaired) electrons. The first-order valence-corrected chi connectivity index (χ1v) is 16.3. The van der Waals surface area contributed by atoms with E-state index in [2.05, 4.69) is 33.4 Å². The molecular formula is C17H30N7O14P3. The number of phosphoric ester groups is 1. The van der Waals surface area contributed by atoms with E-state index in [9.17, 15) is 33.4 Å². The van der Waals surface area contributed by atoms with Gasteiger partial charge < -0.3 is 50.9 Å². The lowest BCUT2D eigenvalue weighted by molar-refractivity contribution is -0.0522. The molecular weight excluding hydrogens is 619 g/mol. The number of carbonyl (C=O) groups excluding carboxylic acids is 1. The molecule has 0 saturated carbocycles. The summed E-state index contributed by atoms with van der Waals surface area (Å²) in [6.07, 6.45) is -1.50. The Hall–Kier alpha value is -2.09. The van der Waals surface area contributed by atoms with Crippen LogP contribution in [0.25, 0.3) is 11.2 Å². The number of hydrogen-bond acceptors (Lipinski definition) is 15. The fourth-order valence-electron chi connectivity index (χ4n) is 3.71. The monoisotopic (exact) mass is 649 g/mol. The van der Waals surface area contributed by atoms with Crippen LogP contribution in [0.1, 0.15) is 31.9 Å². The minimum Gasteiger partial charge on any atom is -0.439 e. The molecule has 2 aromatic rings. The molecule has 10 N–H and O–H groups in total. The van der Waals surface area contributed by atoms with E-state index in [0.717, 1.165) is 25.6 Å². The Morgan fingerprint density at radius 2 is 1.76 bits per heavy atom. The van der Waals surface area contributed by atoms with Crippen LogP contribution < -0.4 is 16.8 Å². The summed E-state index contributed by atoms with van der Waals surface area (Å²) in [6, 6.07) is 0. The average molecular weight is 649 g/mol. The summed E-state index contributed by atoms with van der Waals surface area (Å²) < 4.78 is 58.7. The Balaban J connectivity index is 1.74. The first-order valence-electron chi connectivity index (χ1n) is 11.8. The number of unbranched alkanes of at least 4 members (excludes halogenated alkanes) is 3. The molecule has 0 aliphatic carbocycles. The number of alkyl carbamates (subject to hydrolysis) is 1. The molecule has 0 spiro atoms. The lowest BCUT2D eigenvalue weighted by atomic mass is 10.1. The Morgan fingerprint density at radius 1 is 1.05 bits per heavy atom. The van der Waals surface area contributed by atoms with Gasteiger partial charge in [-0.2, -0.15) is 8.62 Å². The minimum absolute atomic E-state index is 0.0151. The zero-order valence-electron chi connectivity index (χ0n) is 21.1. The maximum absolute atomic E-state index is 12.5. The number of aliphatic hydroxyl groups is 1. The molecule has 6 unspecified atom stereocenters. The molecule has 232 valence electrons. The minimum atomic E-state index is -5.77. The Kier molecular flexibility index (Phi) is 11.3. The van der Waals surface area contributed by atoms with Crippen LogP contribution in [-0.4, -0.2) is 88.3 Å². The number of nitrogen functional groups attached to an aromatic ring is 1. The summed E-state index contributed by atoms with van der Waals surface area (Å²) in [4.78, 5) is 60.8. The highest BCUT2D eigenvalue weighted by atomic mass is 31.3. The van der Waals surface area contributed by atoms with Gasteiger partial charge >= 0.3 is 29.6 Å². The molecule has 2 aromatic heterocycles.